The summed E-state index contributed by atoms with van der Waals surface area (Å²) in [5.74, 6) is -0.314. The maximum absolute atomic E-state index is 12.8. The molecule has 132 valence electrons. The smallest absolute Gasteiger partial charge is 0.241 e. The number of hydrogen-bond acceptors (Lipinski definition) is 3. The number of sulfonamides is 1. The summed E-state index contributed by atoms with van der Waals surface area (Å²) in [5.41, 5.74) is 1.13. The average molecular weight is 415 g/mol. The Bertz CT molecular complexity index is 704. The number of rotatable bonds is 5. The van der Waals surface area contributed by atoms with Crippen LogP contribution in [0.15, 0.2) is 45.8 Å². The molecule has 1 aliphatic heterocycles. The minimum Gasteiger partial charge on any atom is -0.341 e. The van der Waals surface area contributed by atoms with Crippen molar-refractivity contribution in [3.63, 3.8) is 0 Å². The predicted octanol–water partition coefficient (Wildman–Crippen LogP) is 2.93. The van der Waals surface area contributed by atoms with E-state index in [4.69, 9.17) is 0 Å². The molecule has 1 heterocycles. The SMILES string of the molecule is C=C1CCN(C(=O)[C@@H](NS(=O)(=O)c2ccc(Br)cc2)C(C)C)CC1. The molecule has 0 saturated carbocycles. The Balaban J connectivity index is 2.17. The number of hydrogen-bond donors (Lipinski definition) is 1. The largest absolute Gasteiger partial charge is 0.341 e. The van der Waals surface area contributed by atoms with Gasteiger partial charge in [-0.05, 0) is 43.0 Å². The van der Waals surface area contributed by atoms with Crippen LogP contribution in [0.1, 0.15) is 26.7 Å². The van der Waals surface area contributed by atoms with Gasteiger partial charge >= 0.3 is 0 Å². The molecule has 7 heteroatoms. The van der Waals surface area contributed by atoms with E-state index >= 15 is 0 Å². The number of nitrogens with zero attached hydrogens (tertiary/aromatic N) is 1. The molecule has 0 bridgehead atoms. The highest BCUT2D eigenvalue weighted by atomic mass is 79.9. The molecule has 5 nitrogen and oxygen atoms in total. The van der Waals surface area contributed by atoms with Crippen LogP contribution >= 0.6 is 15.9 Å². The third kappa shape index (κ3) is 4.68. The highest BCUT2D eigenvalue weighted by Crippen LogP contribution is 2.19. The van der Waals surface area contributed by atoms with E-state index in [0.717, 1.165) is 22.9 Å². The zero-order chi connectivity index (χ0) is 17.9. The highest BCUT2D eigenvalue weighted by Gasteiger charge is 2.32. The van der Waals surface area contributed by atoms with Gasteiger partial charge in [0.05, 0.1) is 4.90 Å². The monoisotopic (exact) mass is 414 g/mol. The second-order valence-electron chi connectivity index (χ2n) is 6.37. The van der Waals surface area contributed by atoms with Crippen LogP contribution in [0.25, 0.3) is 0 Å². The van der Waals surface area contributed by atoms with Crippen LogP contribution in [0.2, 0.25) is 0 Å². The molecule has 1 aromatic carbocycles. The van der Waals surface area contributed by atoms with Gasteiger partial charge in [0.25, 0.3) is 0 Å². The molecule has 0 aromatic heterocycles. The van der Waals surface area contributed by atoms with Gasteiger partial charge in [-0.2, -0.15) is 4.72 Å². The Labute approximate surface area is 152 Å². The van der Waals surface area contributed by atoms with Crippen LogP contribution in [-0.2, 0) is 14.8 Å². The number of carbonyl (C=O) groups excluding carboxylic acids is 1. The minimum absolute atomic E-state index is 0.146. The molecule has 24 heavy (non-hydrogen) atoms. The molecule has 0 radical (unpaired) electrons. The van der Waals surface area contributed by atoms with Crippen molar-refractivity contribution < 1.29 is 13.2 Å². The van der Waals surface area contributed by atoms with Gasteiger partial charge in [0, 0.05) is 17.6 Å². The molecule has 1 atom stereocenters. The van der Waals surface area contributed by atoms with Gasteiger partial charge in [-0.15, -0.1) is 0 Å². The summed E-state index contributed by atoms with van der Waals surface area (Å²) in [6.45, 7) is 8.82. The fourth-order valence-corrected chi connectivity index (χ4v) is 4.16. The van der Waals surface area contributed by atoms with Crippen LogP contribution in [0.3, 0.4) is 0 Å². The molecule has 0 spiro atoms. The summed E-state index contributed by atoms with van der Waals surface area (Å²) in [6.07, 6.45) is 1.55. The summed E-state index contributed by atoms with van der Waals surface area (Å²) in [4.78, 5) is 14.6. The molecule has 1 saturated heterocycles. The fourth-order valence-electron chi connectivity index (χ4n) is 2.56. The van der Waals surface area contributed by atoms with Crippen molar-refractivity contribution in [2.45, 2.75) is 37.6 Å². The predicted molar refractivity (Wildman–Crippen MR) is 98.0 cm³/mol. The van der Waals surface area contributed by atoms with E-state index in [1.54, 1.807) is 17.0 Å². The maximum atomic E-state index is 12.8. The highest BCUT2D eigenvalue weighted by molar-refractivity contribution is 9.10. The molecular formula is C17H23BrN2O3S. The third-order valence-electron chi connectivity index (χ3n) is 4.12. The summed E-state index contributed by atoms with van der Waals surface area (Å²) in [6, 6.07) is 5.58. The Morgan fingerprint density at radius 1 is 1.21 bits per heavy atom. The number of piperidine rings is 1. The topological polar surface area (TPSA) is 66.5 Å². The second kappa shape index (κ2) is 7.80. The number of amides is 1. The first-order chi connectivity index (χ1) is 11.2. The maximum Gasteiger partial charge on any atom is 0.241 e. The van der Waals surface area contributed by atoms with Crippen molar-refractivity contribution in [1.82, 2.24) is 9.62 Å². The fraction of sp³-hybridized carbons (Fsp3) is 0.471. The standard InChI is InChI=1S/C17H23BrN2O3S/c1-12(2)16(17(21)20-10-8-13(3)9-11-20)19-24(22,23)15-6-4-14(18)5-7-15/h4-7,12,16,19H,3,8-11H2,1-2H3/t16-/m0/s1. The first-order valence-corrected chi connectivity index (χ1v) is 10.2. The van der Waals surface area contributed by atoms with Crippen LogP contribution < -0.4 is 4.72 Å². The second-order valence-corrected chi connectivity index (χ2v) is 9.00. The zero-order valence-electron chi connectivity index (χ0n) is 14.0. The molecule has 1 amide bonds. The molecule has 1 aliphatic rings. The van der Waals surface area contributed by atoms with Gasteiger partial charge in [-0.3, -0.25) is 4.79 Å². The molecule has 2 rings (SSSR count). The number of carbonyl (C=O) groups is 1. The Hall–Kier alpha value is -1.18. The van der Waals surface area contributed by atoms with Crippen LogP contribution in [0.4, 0.5) is 0 Å². The summed E-state index contributed by atoms with van der Waals surface area (Å²) < 4.78 is 28.6. The van der Waals surface area contributed by atoms with Crippen LogP contribution in [0, 0.1) is 5.92 Å². The van der Waals surface area contributed by atoms with E-state index in [2.05, 4.69) is 27.2 Å². The van der Waals surface area contributed by atoms with Crippen molar-refractivity contribution >= 4 is 31.9 Å². The van der Waals surface area contributed by atoms with Crippen molar-refractivity contribution in [3.05, 3.63) is 40.9 Å². The lowest BCUT2D eigenvalue weighted by molar-refractivity contribution is -0.134. The van der Waals surface area contributed by atoms with E-state index in [9.17, 15) is 13.2 Å². The van der Waals surface area contributed by atoms with Gasteiger partial charge in [-0.25, -0.2) is 8.42 Å². The van der Waals surface area contributed by atoms with E-state index in [0.29, 0.717) is 13.1 Å². The Morgan fingerprint density at radius 3 is 2.25 bits per heavy atom. The van der Waals surface area contributed by atoms with Gasteiger partial charge < -0.3 is 4.90 Å². The van der Waals surface area contributed by atoms with Crippen molar-refractivity contribution in [1.29, 1.82) is 0 Å². The zero-order valence-corrected chi connectivity index (χ0v) is 16.4. The Morgan fingerprint density at radius 2 is 1.75 bits per heavy atom. The van der Waals surface area contributed by atoms with Gasteiger partial charge in [0.1, 0.15) is 6.04 Å². The molecule has 0 aliphatic carbocycles. The average Bonchev–Trinajstić information content (AvgIpc) is 2.53. The number of benzene rings is 1. The number of halogens is 1. The molecule has 0 unspecified atom stereocenters. The quantitative estimate of drug-likeness (QED) is 0.753. The first kappa shape index (κ1) is 19.1. The van der Waals surface area contributed by atoms with Gasteiger partial charge in [0.2, 0.25) is 15.9 Å². The van der Waals surface area contributed by atoms with E-state index in [1.807, 2.05) is 13.8 Å². The normalized spacial score (nSPS) is 17.2. The van der Waals surface area contributed by atoms with Gasteiger partial charge in [-0.1, -0.05) is 41.9 Å². The van der Waals surface area contributed by atoms with Crippen molar-refractivity contribution in [2.75, 3.05) is 13.1 Å². The van der Waals surface area contributed by atoms with E-state index in [1.165, 1.54) is 12.1 Å². The first-order valence-electron chi connectivity index (χ1n) is 7.94. The van der Waals surface area contributed by atoms with Crippen LogP contribution in [-0.4, -0.2) is 38.4 Å². The number of likely N-dealkylation sites (tertiary alicyclic amines) is 1. The molecule has 1 N–H and O–H groups in total. The summed E-state index contributed by atoms with van der Waals surface area (Å²) in [5, 5.41) is 0. The lowest BCUT2D eigenvalue weighted by Crippen LogP contribution is -2.52. The number of nitrogens with one attached hydrogen (secondary N) is 1. The van der Waals surface area contributed by atoms with Crippen molar-refractivity contribution in [2.24, 2.45) is 5.92 Å². The lowest BCUT2D eigenvalue weighted by atomic mass is 10.0. The Kier molecular flexibility index (Phi) is 6.22. The third-order valence-corrected chi connectivity index (χ3v) is 6.11. The molecule has 1 aromatic rings. The van der Waals surface area contributed by atoms with E-state index in [-0.39, 0.29) is 16.7 Å². The van der Waals surface area contributed by atoms with Gasteiger partial charge in [0.15, 0.2) is 0 Å². The van der Waals surface area contributed by atoms with Crippen LogP contribution in [0.5, 0.6) is 0 Å². The summed E-state index contributed by atoms with van der Waals surface area (Å²) in [7, 11) is -3.75. The molecular weight excluding hydrogens is 392 g/mol. The van der Waals surface area contributed by atoms with E-state index < -0.39 is 16.1 Å². The lowest BCUT2D eigenvalue weighted by Gasteiger charge is -2.33. The summed E-state index contributed by atoms with van der Waals surface area (Å²) >= 11 is 3.28. The minimum atomic E-state index is -3.75. The van der Waals surface area contributed by atoms with Crippen molar-refractivity contribution in [3.8, 4) is 0 Å². The molecule has 1 fully saturated rings.